The Kier molecular flexibility index (Phi) is 3.54. The summed E-state index contributed by atoms with van der Waals surface area (Å²) in [4.78, 5) is 29.9. The number of carbonyl (C=O) groups excluding carboxylic acids is 1. The van der Waals surface area contributed by atoms with Crippen LogP contribution in [-0.2, 0) is 7.05 Å². The molecule has 1 amide bonds. The van der Waals surface area contributed by atoms with Crippen LogP contribution < -0.4 is 5.73 Å². The first-order valence-electron chi connectivity index (χ1n) is 7.54. The van der Waals surface area contributed by atoms with E-state index in [1.165, 1.54) is 17.7 Å². The van der Waals surface area contributed by atoms with Crippen molar-refractivity contribution in [3.8, 4) is 21.1 Å². The van der Waals surface area contributed by atoms with Crippen LogP contribution in [0.15, 0.2) is 36.9 Å². The lowest BCUT2D eigenvalue weighted by molar-refractivity contribution is 0.0993. The fraction of sp³-hybridized carbons (Fsp3) is 0.118. The lowest BCUT2D eigenvalue weighted by atomic mass is 10.2. The summed E-state index contributed by atoms with van der Waals surface area (Å²) < 4.78 is 1.71. The molecule has 2 N–H and O–H groups in total. The first-order valence-corrected chi connectivity index (χ1v) is 8.35. The highest BCUT2D eigenvalue weighted by Gasteiger charge is 2.16. The second kappa shape index (κ2) is 5.75. The van der Waals surface area contributed by atoms with Crippen molar-refractivity contribution in [2.24, 2.45) is 12.8 Å². The third kappa shape index (κ3) is 2.56. The smallest absolute Gasteiger partial charge is 0.265 e. The highest BCUT2D eigenvalue weighted by atomic mass is 32.1. The normalized spacial score (nSPS) is 11.1. The van der Waals surface area contributed by atoms with Crippen molar-refractivity contribution in [1.29, 1.82) is 0 Å². The average Bonchev–Trinajstić information content (AvgIpc) is 3.16. The largest absolute Gasteiger partial charge is 0.364 e. The number of amides is 1. The summed E-state index contributed by atoms with van der Waals surface area (Å²) in [6.45, 7) is 1.95. The minimum absolute atomic E-state index is 0.433. The predicted octanol–water partition coefficient (Wildman–Crippen LogP) is 2.56. The van der Waals surface area contributed by atoms with Gasteiger partial charge < -0.3 is 10.3 Å². The van der Waals surface area contributed by atoms with Crippen molar-refractivity contribution in [3.05, 3.63) is 48.3 Å². The number of hydrogen-bond acceptors (Lipinski definition) is 6. The van der Waals surface area contributed by atoms with E-state index >= 15 is 0 Å². The lowest BCUT2D eigenvalue weighted by Crippen LogP contribution is -2.15. The van der Waals surface area contributed by atoms with Gasteiger partial charge in [-0.2, -0.15) is 0 Å². The van der Waals surface area contributed by atoms with Crippen molar-refractivity contribution < 1.29 is 4.79 Å². The van der Waals surface area contributed by atoms with E-state index in [0.29, 0.717) is 11.3 Å². The minimum atomic E-state index is -0.470. The zero-order valence-electron chi connectivity index (χ0n) is 13.6. The Morgan fingerprint density at radius 2 is 1.96 bits per heavy atom. The zero-order valence-corrected chi connectivity index (χ0v) is 14.4. The van der Waals surface area contributed by atoms with Crippen LogP contribution in [-0.4, -0.2) is 30.4 Å². The van der Waals surface area contributed by atoms with Gasteiger partial charge in [0.25, 0.3) is 5.91 Å². The first kappa shape index (κ1) is 15.4. The Morgan fingerprint density at radius 1 is 1.20 bits per heavy atom. The highest BCUT2D eigenvalue weighted by Crippen LogP contribution is 2.34. The van der Waals surface area contributed by atoms with E-state index in [9.17, 15) is 4.79 Å². The number of fused-ring (bicyclic) bond motifs is 1. The van der Waals surface area contributed by atoms with Gasteiger partial charge in [0, 0.05) is 30.4 Å². The monoisotopic (exact) mass is 350 g/mol. The molecule has 4 heterocycles. The maximum atomic E-state index is 11.5. The van der Waals surface area contributed by atoms with Gasteiger partial charge in [0.15, 0.2) is 0 Å². The molecule has 124 valence electrons. The van der Waals surface area contributed by atoms with Crippen molar-refractivity contribution in [3.63, 3.8) is 0 Å². The topological polar surface area (TPSA) is 99.6 Å². The molecule has 7 nitrogen and oxygen atoms in total. The average molecular weight is 350 g/mol. The van der Waals surface area contributed by atoms with Gasteiger partial charge in [-0.15, -0.1) is 11.3 Å². The summed E-state index contributed by atoms with van der Waals surface area (Å²) >= 11 is 1.54. The molecule has 0 radical (unpaired) electrons. The number of pyridine rings is 1. The number of aromatic nitrogens is 5. The van der Waals surface area contributed by atoms with Gasteiger partial charge in [-0.25, -0.2) is 19.9 Å². The molecular weight excluding hydrogens is 336 g/mol. The second-order valence-electron chi connectivity index (χ2n) is 5.62. The molecule has 0 saturated carbocycles. The van der Waals surface area contributed by atoms with Crippen LogP contribution in [0, 0.1) is 6.92 Å². The summed E-state index contributed by atoms with van der Waals surface area (Å²) in [5, 5.41) is 1.72. The summed E-state index contributed by atoms with van der Waals surface area (Å²) in [5.74, 6) is -0.470. The van der Waals surface area contributed by atoms with Crippen molar-refractivity contribution >= 4 is 28.3 Å². The number of nitrogens with two attached hydrogens (primary N) is 1. The van der Waals surface area contributed by atoms with Crippen LogP contribution in [0.2, 0.25) is 0 Å². The Labute approximate surface area is 147 Å². The fourth-order valence-corrected chi connectivity index (χ4v) is 3.74. The number of rotatable bonds is 3. The molecule has 0 bridgehead atoms. The quantitative estimate of drug-likeness (QED) is 0.612. The minimum Gasteiger partial charge on any atom is -0.364 e. The molecule has 8 heteroatoms. The summed E-state index contributed by atoms with van der Waals surface area (Å²) in [5.41, 5.74) is 9.13. The van der Waals surface area contributed by atoms with Gasteiger partial charge in [0.1, 0.15) is 22.7 Å². The van der Waals surface area contributed by atoms with E-state index in [2.05, 4.69) is 15.0 Å². The van der Waals surface area contributed by atoms with Crippen molar-refractivity contribution in [2.45, 2.75) is 6.92 Å². The molecule has 4 aromatic rings. The van der Waals surface area contributed by atoms with Gasteiger partial charge in [-0.3, -0.25) is 4.79 Å². The van der Waals surface area contributed by atoms with Crippen LogP contribution in [0.4, 0.5) is 0 Å². The fourth-order valence-electron chi connectivity index (χ4n) is 2.73. The summed E-state index contributed by atoms with van der Waals surface area (Å²) in [6.07, 6.45) is 4.97. The molecule has 25 heavy (non-hydrogen) atoms. The van der Waals surface area contributed by atoms with Crippen LogP contribution >= 0.6 is 11.3 Å². The van der Waals surface area contributed by atoms with E-state index in [-0.39, 0.29) is 0 Å². The summed E-state index contributed by atoms with van der Waals surface area (Å²) in [6, 6.07) is 5.62. The van der Waals surface area contributed by atoms with Crippen molar-refractivity contribution in [2.75, 3.05) is 0 Å². The van der Waals surface area contributed by atoms with Gasteiger partial charge in [-0.05, 0) is 25.1 Å². The van der Waals surface area contributed by atoms with Gasteiger partial charge in [0.2, 0.25) is 0 Å². The molecule has 0 saturated heterocycles. The molecule has 0 unspecified atom stereocenters. The molecule has 0 aromatic carbocycles. The summed E-state index contributed by atoms with van der Waals surface area (Å²) in [7, 11) is 1.78. The van der Waals surface area contributed by atoms with Gasteiger partial charge in [-0.1, -0.05) is 0 Å². The highest BCUT2D eigenvalue weighted by molar-refractivity contribution is 7.18. The number of hydrogen-bond donors (Lipinski definition) is 1. The predicted molar refractivity (Wildman–Crippen MR) is 96.1 cm³/mol. The van der Waals surface area contributed by atoms with Crippen LogP contribution in [0.1, 0.15) is 16.2 Å². The van der Waals surface area contributed by atoms with Crippen LogP contribution in [0.3, 0.4) is 0 Å². The van der Waals surface area contributed by atoms with Crippen LogP contribution in [0.5, 0.6) is 0 Å². The number of carbonyl (C=O) groups is 1. The molecule has 4 rings (SSSR count). The number of primary amides is 1. The molecule has 0 aliphatic carbocycles. The number of thiazole rings is 1. The maximum Gasteiger partial charge on any atom is 0.265 e. The Balaban J connectivity index is 1.84. The number of nitrogens with zero attached hydrogens (tertiary/aromatic N) is 5. The Bertz CT molecular complexity index is 1100. The Morgan fingerprint density at radius 3 is 2.68 bits per heavy atom. The van der Waals surface area contributed by atoms with Gasteiger partial charge >= 0.3 is 0 Å². The first-order chi connectivity index (χ1) is 12.0. The molecular formula is C17H14N6OS. The third-order valence-corrected chi connectivity index (χ3v) is 5.19. The third-order valence-electron chi connectivity index (χ3n) is 3.97. The lowest BCUT2D eigenvalue weighted by Gasteiger charge is -2.02. The van der Waals surface area contributed by atoms with E-state index in [1.54, 1.807) is 30.1 Å². The van der Waals surface area contributed by atoms with E-state index in [0.717, 1.165) is 32.2 Å². The van der Waals surface area contributed by atoms with E-state index < -0.39 is 5.91 Å². The molecule has 0 spiro atoms. The van der Waals surface area contributed by atoms with Gasteiger partial charge in [0.05, 0.1) is 16.3 Å². The maximum absolute atomic E-state index is 11.5. The van der Waals surface area contributed by atoms with Crippen molar-refractivity contribution in [1.82, 2.24) is 24.5 Å². The molecule has 4 aromatic heterocycles. The molecule has 0 atom stereocenters. The number of aryl methyl sites for hydroxylation is 2. The van der Waals surface area contributed by atoms with E-state index in [1.807, 2.05) is 19.1 Å². The molecule has 0 aliphatic rings. The van der Waals surface area contributed by atoms with E-state index in [4.69, 9.17) is 10.7 Å². The second-order valence-corrected chi connectivity index (χ2v) is 6.62. The molecule has 0 fully saturated rings. The standard InChI is InChI=1S/C17H14N6OS/c1-9-14(25-17(21-9)11-6-19-8-20-7-11)12-4-3-10-5-13(15(18)24)23(2)16(10)22-12/h3-8H,1-2H3,(H2,18,24). The Hall–Kier alpha value is -3.13. The van der Waals surface area contributed by atoms with Crippen LogP contribution in [0.25, 0.3) is 32.2 Å². The SMILES string of the molecule is Cc1nc(-c2cncnc2)sc1-c1ccc2cc(C(N)=O)n(C)c2n1. The molecule has 0 aliphatic heterocycles. The zero-order chi connectivity index (χ0) is 17.6.